The minimum absolute atomic E-state index is 0.196. The van der Waals surface area contributed by atoms with E-state index in [2.05, 4.69) is 20.9 Å². The number of hydrogen-bond donors (Lipinski definition) is 2. The van der Waals surface area contributed by atoms with Crippen LogP contribution in [0.25, 0.3) is 0 Å². The highest BCUT2D eigenvalue weighted by atomic mass is 19.4. The van der Waals surface area contributed by atoms with Crippen LogP contribution in [0.5, 0.6) is 0 Å². The number of piperidine rings is 1. The topological polar surface area (TPSA) is 71.8 Å². The maximum Gasteiger partial charge on any atom is 0.416 e. The molecule has 3 rings (SSSR count). The van der Waals surface area contributed by atoms with E-state index in [0.717, 1.165) is 38.1 Å². The molecule has 1 amide bonds. The highest BCUT2D eigenvalue weighted by Gasteiger charge is 2.31. The normalized spacial score (nSPS) is 16.9. The number of hydrogen-bond acceptors (Lipinski definition) is 4. The summed E-state index contributed by atoms with van der Waals surface area (Å²) in [6.07, 6.45) is -2.61. The number of alkyl halides is 3. The van der Waals surface area contributed by atoms with Crippen LogP contribution < -0.4 is 10.6 Å². The van der Waals surface area contributed by atoms with Gasteiger partial charge in [0.25, 0.3) is 5.91 Å². The Balaban J connectivity index is 1.73. The Hall–Kier alpha value is -2.42. The van der Waals surface area contributed by atoms with Crippen LogP contribution >= 0.6 is 0 Å². The van der Waals surface area contributed by atoms with E-state index in [1.807, 2.05) is 0 Å². The van der Waals surface area contributed by atoms with Crippen LogP contribution in [0.1, 0.15) is 59.2 Å². The number of benzene rings is 1. The van der Waals surface area contributed by atoms with Crippen molar-refractivity contribution in [2.75, 3.05) is 13.1 Å². The van der Waals surface area contributed by atoms with Gasteiger partial charge in [-0.05, 0) is 57.5 Å². The van der Waals surface area contributed by atoms with Gasteiger partial charge in [0, 0.05) is 0 Å². The molecule has 1 aromatic heterocycles. The first kappa shape index (κ1) is 19.3. The molecule has 0 aliphatic carbocycles. The zero-order valence-electron chi connectivity index (χ0n) is 15.2. The van der Waals surface area contributed by atoms with Crippen LogP contribution in [0.2, 0.25) is 0 Å². The Morgan fingerprint density at radius 2 is 2.04 bits per heavy atom. The summed E-state index contributed by atoms with van der Waals surface area (Å²) in [5, 5.41) is 14.1. The molecule has 2 heterocycles. The minimum Gasteiger partial charge on any atom is -0.344 e. The number of halogens is 3. The number of rotatable bonds is 4. The molecule has 1 aliphatic rings. The number of amides is 1. The molecule has 1 fully saturated rings. The van der Waals surface area contributed by atoms with Gasteiger partial charge in [0.1, 0.15) is 0 Å². The van der Waals surface area contributed by atoms with Gasteiger partial charge in [0.15, 0.2) is 5.69 Å². The zero-order chi connectivity index (χ0) is 19.6. The van der Waals surface area contributed by atoms with E-state index in [0.29, 0.717) is 11.3 Å². The van der Waals surface area contributed by atoms with E-state index in [1.165, 1.54) is 6.07 Å². The molecule has 0 spiro atoms. The zero-order valence-corrected chi connectivity index (χ0v) is 15.2. The molecule has 0 saturated carbocycles. The number of aromatic nitrogens is 3. The molecule has 0 bridgehead atoms. The second-order valence-electron chi connectivity index (χ2n) is 6.77. The van der Waals surface area contributed by atoms with Crippen molar-refractivity contribution >= 4 is 5.91 Å². The first-order valence-electron chi connectivity index (χ1n) is 8.88. The van der Waals surface area contributed by atoms with Crippen LogP contribution in [0, 0.1) is 6.92 Å². The number of carbonyl (C=O) groups is 1. The third kappa shape index (κ3) is 4.29. The molecule has 0 radical (unpaired) electrons. The Kier molecular flexibility index (Phi) is 5.50. The lowest BCUT2D eigenvalue weighted by molar-refractivity contribution is -0.137. The lowest BCUT2D eigenvalue weighted by atomic mass is 10.0. The fraction of sp³-hybridized carbons (Fsp3) is 0.500. The summed E-state index contributed by atoms with van der Waals surface area (Å²) in [5.41, 5.74) is 0.499. The lowest BCUT2D eigenvalue weighted by Gasteiger charge is -2.23. The van der Waals surface area contributed by atoms with Gasteiger partial charge in [-0.3, -0.25) is 4.79 Å². The Morgan fingerprint density at radius 3 is 2.70 bits per heavy atom. The SMILES string of the molecule is Cc1c(C(=O)NC(C)c2cccc(C(F)(F)F)c2)nnn1C1CCNCC1. The van der Waals surface area contributed by atoms with Crippen LogP contribution in [0.15, 0.2) is 24.3 Å². The Bertz CT molecular complexity index is 812. The minimum atomic E-state index is -4.42. The average Bonchev–Trinajstić information content (AvgIpc) is 3.03. The molecule has 9 heteroatoms. The summed E-state index contributed by atoms with van der Waals surface area (Å²) in [4.78, 5) is 12.6. The van der Waals surface area contributed by atoms with Gasteiger partial charge in [-0.1, -0.05) is 17.3 Å². The van der Waals surface area contributed by atoms with E-state index in [-0.39, 0.29) is 11.7 Å². The molecule has 6 nitrogen and oxygen atoms in total. The maximum atomic E-state index is 12.9. The van der Waals surface area contributed by atoms with Gasteiger partial charge in [0.05, 0.1) is 23.3 Å². The summed E-state index contributed by atoms with van der Waals surface area (Å²) >= 11 is 0. The third-order valence-electron chi connectivity index (χ3n) is 4.86. The third-order valence-corrected chi connectivity index (χ3v) is 4.86. The van der Waals surface area contributed by atoms with E-state index >= 15 is 0 Å². The van der Waals surface area contributed by atoms with E-state index < -0.39 is 23.7 Å². The highest BCUT2D eigenvalue weighted by Crippen LogP contribution is 2.30. The standard InChI is InChI=1S/C18H22F3N5O/c1-11(13-4-3-5-14(10-13)18(19,20)21)23-17(27)16-12(2)26(25-24-16)15-6-8-22-9-7-15/h3-5,10-11,15,22H,6-9H2,1-2H3,(H,23,27). The van der Waals surface area contributed by atoms with E-state index in [4.69, 9.17) is 0 Å². The van der Waals surface area contributed by atoms with Crippen LogP contribution in [0.4, 0.5) is 13.2 Å². The van der Waals surface area contributed by atoms with Gasteiger partial charge < -0.3 is 10.6 Å². The van der Waals surface area contributed by atoms with Crippen LogP contribution in [-0.2, 0) is 6.18 Å². The molecular formula is C18H22F3N5O. The molecule has 27 heavy (non-hydrogen) atoms. The van der Waals surface area contributed by atoms with Gasteiger partial charge >= 0.3 is 6.18 Å². The molecular weight excluding hydrogens is 359 g/mol. The predicted octanol–water partition coefficient (Wildman–Crippen LogP) is 3.02. The molecule has 146 valence electrons. The quantitative estimate of drug-likeness (QED) is 0.854. The van der Waals surface area contributed by atoms with Crippen molar-refractivity contribution < 1.29 is 18.0 Å². The summed E-state index contributed by atoms with van der Waals surface area (Å²) < 4.78 is 40.4. The largest absolute Gasteiger partial charge is 0.416 e. The molecule has 1 saturated heterocycles. The molecule has 1 unspecified atom stereocenters. The Labute approximate surface area is 155 Å². The van der Waals surface area contributed by atoms with Gasteiger partial charge in [-0.25, -0.2) is 4.68 Å². The van der Waals surface area contributed by atoms with Crippen LogP contribution in [-0.4, -0.2) is 34.0 Å². The Morgan fingerprint density at radius 1 is 1.33 bits per heavy atom. The molecule has 1 aromatic carbocycles. The molecule has 2 N–H and O–H groups in total. The van der Waals surface area contributed by atoms with Crippen molar-refractivity contribution in [1.82, 2.24) is 25.6 Å². The summed E-state index contributed by atoms with van der Waals surface area (Å²) in [6, 6.07) is 4.54. The summed E-state index contributed by atoms with van der Waals surface area (Å²) in [6.45, 7) is 5.20. The van der Waals surface area contributed by atoms with Crippen LogP contribution in [0.3, 0.4) is 0 Å². The van der Waals surface area contributed by atoms with Crippen molar-refractivity contribution in [3.05, 3.63) is 46.8 Å². The number of nitrogens with zero attached hydrogens (tertiary/aromatic N) is 3. The van der Waals surface area contributed by atoms with Crippen molar-refractivity contribution in [2.24, 2.45) is 0 Å². The number of nitrogens with one attached hydrogen (secondary N) is 2. The summed E-state index contributed by atoms with van der Waals surface area (Å²) in [7, 11) is 0. The fourth-order valence-electron chi connectivity index (χ4n) is 3.28. The van der Waals surface area contributed by atoms with Crippen molar-refractivity contribution in [3.8, 4) is 0 Å². The lowest BCUT2D eigenvalue weighted by Crippen LogP contribution is -2.31. The van der Waals surface area contributed by atoms with Gasteiger partial charge in [-0.15, -0.1) is 5.10 Å². The van der Waals surface area contributed by atoms with Crippen molar-refractivity contribution in [1.29, 1.82) is 0 Å². The monoisotopic (exact) mass is 381 g/mol. The maximum absolute atomic E-state index is 12.9. The summed E-state index contributed by atoms with van der Waals surface area (Å²) in [5.74, 6) is -0.447. The molecule has 1 aliphatic heterocycles. The van der Waals surface area contributed by atoms with Crippen molar-refractivity contribution in [3.63, 3.8) is 0 Å². The van der Waals surface area contributed by atoms with E-state index in [1.54, 1.807) is 24.6 Å². The fourth-order valence-corrected chi connectivity index (χ4v) is 3.28. The predicted molar refractivity (Wildman–Crippen MR) is 93.2 cm³/mol. The molecule has 1 atom stereocenters. The average molecular weight is 381 g/mol. The number of carbonyl (C=O) groups excluding carboxylic acids is 1. The second-order valence-corrected chi connectivity index (χ2v) is 6.77. The van der Waals surface area contributed by atoms with E-state index in [9.17, 15) is 18.0 Å². The highest BCUT2D eigenvalue weighted by molar-refractivity contribution is 5.93. The second kappa shape index (κ2) is 7.67. The van der Waals surface area contributed by atoms with Gasteiger partial charge in [0.2, 0.25) is 0 Å². The first-order chi connectivity index (χ1) is 12.8. The molecule has 2 aromatic rings. The van der Waals surface area contributed by atoms with Gasteiger partial charge in [-0.2, -0.15) is 13.2 Å². The first-order valence-corrected chi connectivity index (χ1v) is 8.88. The smallest absolute Gasteiger partial charge is 0.344 e. The van der Waals surface area contributed by atoms with Crippen molar-refractivity contribution in [2.45, 2.75) is 44.9 Å².